The minimum Gasteiger partial charge on any atom is -0.488 e. The van der Waals surface area contributed by atoms with Crippen molar-refractivity contribution in [2.24, 2.45) is 0 Å². The number of rotatable bonds is 6. The van der Waals surface area contributed by atoms with Gasteiger partial charge in [0.05, 0.1) is 13.0 Å². The van der Waals surface area contributed by atoms with E-state index in [1.165, 1.54) is 16.4 Å². The number of ether oxygens (including phenoxy) is 1. The second kappa shape index (κ2) is 9.75. The summed E-state index contributed by atoms with van der Waals surface area (Å²) in [6.45, 7) is 3.80. The zero-order valence-electron chi connectivity index (χ0n) is 19.2. The van der Waals surface area contributed by atoms with Gasteiger partial charge < -0.3 is 9.84 Å². The second-order valence-electron chi connectivity index (χ2n) is 8.68. The van der Waals surface area contributed by atoms with Gasteiger partial charge >= 0.3 is 5.97 Å². The first-order chi connectivity index (χ1) is 16.6. The molecule has 0 saturated heterocycles. The number of carboxylic acid groups (broad SMARTS) is 1. The van der Waals surface area contributed by atoms with Crippen molar-refractivity contribution in [1.82, 2.24) is 4.31 Å². The Hall–Kier alpha value is -3.30. The molecule has 0 amide bonds. The number of aliphatic carboxylic acids is 1. The molecule has 3 aromatic carbocycles. The standard InChI is InChI=1S/C26H25F2NO5S/c1-16-7-8-18(21(13-26(30)31)19-9-10-22(27)23(28)12-19)11-20(16)15-29-14-17(2)34-24-5-3-4-6-25(24)35(29,32)33/h3-12,17,21H,13-15H2,1-2H3,(H,30,31)/t17-,21?/m1/s1. The van der Waals surface area contributed by atoms with Gasteiger partial charge in [0.15, 0.2) is 11.6 Å². The molecule has 4 rings (SSSR count). The second-order valence-corrected chi connectivity index (χ2v) is 10.6. The van der Waals surface area contributed by atoms with Crippen LogP contribution in [-0.2, 0) is 21.4 Å². The lowest BCUT2D eigenvalue weighted by molar-refractivity contribution is -0.137. The predicted octanol–water partition coefficient (Wildman–Crippen LogP) is 4.85. The number of carboxylic acids is 1. The van der Waals surface area contributed by atoms with E-state index in [1.807, 2.05) is 6.92 Å². The van der Waals surface area contributed by atoms with Crippen LogP contribution in [0.1, 0.15) is 41.5 Å². The zero-order valence-corrected chi connectivity index (χ0v) is 20.1. The molecule has 0 aromatic heterocycles. The van der Waals surface area contributed by atoms with Gasteiger partial charge in [-0.15, -0.1) is 0 Å². The number of benzene rings is 3. The molecule has 1 heterocycles. The lowest BCUT2D eigenvalue weighted by atomic mass is 9.87. The summed E-state index contributed by atoms with van der Waals surface area (Å²) in [6, 6.07) is 15.0. The van der Waals surface area contributed by atoms with Gasteiger partial charge in [0, 0.05) is 12.5 Å². The van der Waals surface area contributed by atoms with Crippen molar-refractivity contribution in [2.45, 2.75) is 43.7 Å². The molecule has 0 aliphatic carbocycles. The van der Waals surface area contributed by atoms with Gasteiger partial charge in [-0.1, -0.05) is 36.4 Å². The molecule has 0 saturated carbocycles. The van der Waals surface area contributed by atoms with Gasteiger partial charge in [-0.05, 0) is 60.4 Å². The third-order valence-electron chi connectivity index (χ3n) is 6.10. The molecular formula is C26H25F2NO5S. The average molecular weight is 502 g/mol. The maximum absolute atomic E-state index is 13.9. The number of halogens is 2. The van der Waals surface area contributed by atoms with Crippen LogP contribution in [0.2, 0.25) is 0 Å². The van der Waals surface area contributed by atoms with Gasteiger partial charge in [0.1, 0.15) is 16.7 Å². The molecule has 2 atom stereocenters. The Morgan fingerprint density at radius 2 is 1.77 bits per heavy atom. The van der Waals surface area contributed by atoms with Crippen LogP contribution < -0.4 is 4.74 Å². The Kier molecular flexibility index (Phi) is 6.91. The summed E-state index contributed by atoms with van der Waals surface area (Å²) in [5.74, 6) is -3.62. The van der Waals surface area contributed by atoms with Gasteiger partial charge in [-0.2, -0.15) is 4.31 Å². The minimum atomic E-state index is -3.86. The number of nitrogens with zero attached hydrogens (tertiary/aromatic N) is 1. The summed E-state index contributed by atoms with van der Waals surface area (Å²) in [4.78, 5) is 11.7. The van der Waals surface area contributed by atoms with Crippen LogP contribution >= 0.6 is 0 Å². The summed E-state index contributed by atoms with van der Waals surface area (Å²) in [6.07, 6.45) is -0.729. The van der Waals surface area contributed by atoms with Crippen molar-refractivity contribution < 1.29 is 31.8 Å². The lowest BCUT2D eigenvalue weighted by Gasteiger charge is -2.24. The topological polar surface area (TPSA) is 83.9 Å². The smallest absolute Gasteiger partial charge is 0.304 e. The molecule has 6 nitrogen and oxygen atoms in total. The third-order valence-corrected chi connectivity index (χ3v) is 7.95. The van der Waals surface area contributed by atoms with Crippen LogP contribution in [0.3, 0.4) is 0 Å². The van der Waals surface area contributed by atoms with E-state index in [0.29, 0.717) is 22.4 Å². The minimum absolute atomic E-state index is 0.0433. The van der Waals surface area contributed by atoms with E-state index < -0.39 is 33.5 Å². The van der Waals surface area contributed by atoms with E-state index in [4.69, 9.17) is 4.74 Å². The predicted molar refractivity (Wildman–Crippen MR) is 126 cm³/mol. The van der Waals surface area contributed by atoms with E-state index in [-0.39, 0.29) is 30.5 Å². The van der Waals surface area contributed by atoms with Crippen LogP contribution in [0.5, 0.6) is 5.75 Å². The molecule has 0 spiro atoms. The van der Waals surface area contributed by atoms with Crippen LogP contribution in [0.4, 0.5) is 8.78 Å². The highest BCUT2D eigenvalue weighted by Gasteiger charge is 2.33. The molecule has 184 valence electrons. The van der Waals surface area contributed by atoms with Crippen molar-refractivity contribution in [3.63, 3.8) is 0 Å². The molecule has 1 aliphatic rings. The van der Waals surface area contributed by atoms with Crippen LogP contribution in [0, 0.1) is 18.6 Å². The lowest BCUT2D eigenvalue weighted by Crippen LogP contribution is -2.35. The fourth-order valence-electron chi connectivity index (χ4n) is 4.29. The van der Waals surface area contributed by atoms with Gasteiger partial charge in [0.25, 0.3) is 0 Å². The molecule has 0 radical (unpaired) electrons. The van der Waals surface area contributed by atoms with E-state index in [2.05, 4.69) is 0 Å². The van der Waals surface area contributed by atoms with Crippen molar-refractivity contribution >= 4 is 16.0 Å². The number of fused-ring (bicyclic) bond motifs is 1. The van der Waals surface area contributed by atoms with Crippen LogP contribution in [-0.4, -0.2) is 36.4 Å². The fraction of sp³-hybridized carbons (Fsp3) is 0.269. The normalized spacial score (nSPS) is 18.2. The van der Waals surface area contributed by atoms with E-state index >= 15 is 0 Å². The monoisotopic (exact) mass is 501 g/mol. The van der Waals surface area contributed by atoms with Gasteiger partial charge in [-0.3, -0.25) is 4.79 Å². The Morgan fingerprint density at radius 3 is 2.49 bits per heavy atom. The fourth-order valence-corrected chi connectivity index (χ4v) is 5.90. The summed E-state index contributed by atoms with van der Waals surface area (Å²) in [7, 11) is -3.86. The Morgan fingerprint density at radius 1 is 1.09 bits per heavy atom. The van der Waals surface area contributed by atoms with Crippen molar-refractivity contribution in [3.8, 4) is 5.75 Å². The highest BCUT2D eigenvalue weighted by atomic mass is 32.2. The summed E-state index contributed by atoms with van der Waals surface area (Å²) in [5.41, 5.74) is 2.38. The van der Waals surface area contributed by atoms with E-state index in [1.54, 1.807) is 43.3 Å². The quantitative estimate of drug-likeness (QED) is 0.522. The van der Waals surface area contributed by atoms with Gasteiger partial charge in [-0.25, -0.2) is 17.2 Å². The summed E-state index contributed by atoms with van der Waals surface area (Å²) in [5, 5.41) is 9.47. The molecule has 1 N–H and O–H groups in total. The first-order valence-corrected chi connectivity index (χ1v) is 12.5. The number of hydrogen-bond acceptors (Lipinski definition) is 4. The maximum atomic E-state index is 13.9. The molecule has 1 unspecified atom stereocenters. The zero-order chi connectivity index (χ0) is 25.3. The number of aryl methyl sites for hydroxylation is 1. The highest BCUT2D eigenvalue weighted by Crippen LogP contribution is 2.34. The van der Waals surface area contributed by atoms with Crippen molar-refractivity contribution in [1.29, 1.82) is 0 Å². The van der Waals surface area contributed by atoms with Gasteiger partial charge in [0.2, 0.25) is 10.0 Å². The van der Waals surface area contributed by atoms with Crippen LogP contribution in [0.25, 0.3) is 0 Å². The first kappa shape index (κ1) is 24.8. The maximum Gasteiger partial charge on any atom is 0.304 e. The number of hydrogen-bond donors (Lipinski definition) is 1. The Labute approximate surface area is 202 Å². The summed E-state index contributed by atoms with van der Waals surface area (Å²) >= 11 is 0. The van der Waals surface area contributed by atoms with Crippen molar-refractivity contribution in [2.75, 3.05) is 6.54 Å². The molecular weight excluding hydrogens is 476 g/mol. The average Bonchev–Trinajstić information content (AvgIpc) is 2.89. The van der Waals surface area contributed by atoms with E-state index in [0.717, 1.165) is 17.7 Å². The largest absolute Gasteiger partial charge is 0.488 e. The summed E-state index contributed by atoms with van der Waals surface area (Å²) < 4.78 is 61.4. The Balaban J connectivity index is 1.73. The number of carbonyl (C=O) groups is 1. The van der Waals surface area contributed by atoms with Crippen LogP contribution in [0.15, 0.2) is 65.6 Å². The SMILES string of the molecule is Cc1ccc(C(CC(=O)O)c2ccc(F)c(F)c2)cc1CN1C[C@@H](C)Oc2ccccc2S1(=O)=O. The Bertz CT molecular complexity index is 1380. The molecule has 3 aromatic rings. The first-order valence-electron chi connectivity index (χ1n) is 11.1. The molecule has 0 fully saturated rings. The molecule has 1 aliphatic heterocycles. The molecule has 0 bridgehead atoms. The highest BCUT2D eigenvalue weighted by molar-refractivity contribution is 7.89. The third kappa shape index (κ3) is 5.21. The number of sulfonamides is 1. The van der Waals surface area contributed by atoms with Crippen molar-refractivity contribution in [3.05, 3.63) is 94.6 Å². The van der Waals surface area contributed by atoms with E-state index in [9.17, 15) is 27.1 Å². The molecule has 9 heteroatoms. The number of para-hydroxylation sites is 1. The molecule has 35 heavy (non-hydrogen) atoms.